The van der Waals surface area contributed by atoms with Gasteiger partial charge in [-0.1, -0.05) is 53.6 Å². The number of halogens is 1. The number of nitrogens with one attached hydrogen (secondary N) is 1. The largest absolute Gasteiger partial charge is 0.356 e. The minimum atomic E-state index is -3.36. The lowest BCUT2D eigenvalue weighted by Gasteiger charge is -2.30. The van der Waals surface area contributed by atoms with E-state index in [-0.39, 0.29) is 17.6 Å². The zero-order chi connectivity index (χ0) is 20.9. The molecule has 0 unspecified atom stereocenters. The molecule has 0 aliphatic carbocycles. The van der Waals surface area contributed by atoms with Crippen LogP contribution >= 0.6 is 11.6 Å². The van der Waals surface area contributed by atoms with Crippen molar-refractivity contribution in [3.63, 3.8) is 0 Å². The van der Waals surface area contributed by atoms with Crippen LogP contribution in [0.5, 0.6) is 0 Å². The smallest absolute Gasteiger partial charge is 0.223 e. The number of rotatable bonds is 7. The first kappa shape index (κ1) is 21.8. The van der Waals surface area contributed by atoms with Gasteiger partial charge in [0.15, 0.2) is 0 Å². The van der Waals surface area contributed by atoms with Gasteiger partial charge in [-0.15, -0.1) is 0 Å². The molecule has 7 heteroatoms. The van der Waals surface area contributed by atoms with Gasteiger partial charge in [0.25, 0.3) is 0 Å². The zero-order valence-electron chi connectivity index (χ0n) is 16.6. The molecule has 1 saturated heterocycles. The van der Waals surface area contributed by atoms with E-state index in [1.54, 1.807) is 0 Å². The van der Waals surface area contributed by atoms with E-state index < -0.39 is 10.0 Å². The van der Waals surface area contributed by atoms with Crippen LogP contribution in [0.25, 0.3) is 0 Å². The number of aryl methyl sites for hydroxylation is 1. The van der Waals surface area contributed by atoms with Gasteiger partial charge in [0.2, 0.25) is 15.9 Å². The number of sulfonamides is 1. The molecule has 0 saturated carbocycles. The maximum Gasteiger partial charge on any atom is 0.223 e. The Morgan fingerprint density at radius 2 is 1.62 bits per heavy atom. The van der Waals surface area contributed by atoms with Crippen molar-refractivity contribution in [2.75, 3.05) is 19.6 Å². The molecule has 1 aliphatic rings. The number of hydrogen-bond acceptors (Lipinski definition) is 3. The number of piperidine rings is 1. The van der Waals surface area contributed by atoms with E-state index >= 15 is 0 Å². The molecule has 0 radical (unpaired) electrons. The first-order valence-corrected chi connectivity index (χ1v) is 11.9. The minimum absolute atomic E-state index is 0.00519. The predicted octanol–water partition coefficient (Wildman–Crippen LogP) is 3.55. The van der Waals surface area contributed by atoms with E-state index in [4.69, 9.17) is 11.6 Å². The summed E-state index contributed by atoms with van der Waals surface area (Å²) >= 11 is 5.88. The molecule has 29 heavy (non-hydrogen) atoms. The summed E-state index contributed by atoms with van der Waals surface area (Å²) in [6.45, 7) is 3.32. The maximum atomic E-state index is 12.7. The molecular formula is C22H27ClN2O3S. The van der Waals surface area contributed by atoms with Crippen molar-refractivity contribution < 1.29 is 13.2 Å². The molecule has 0 spiro atoms. The van der Waals surface area contributed by atoms with Gasteiger partial charge >= 0.3 is 0 Å². The van der Waals surface area contributed by atoms with Gasteiger partial charge in [-0.3, -0.25) is 4.79 Å². The van der Waals surface area contributed by atoms with Gasteiger partial charge in [-0.05, 0) is 49.4 Å². The van der Waals surface area contributed by atoms with E-state index in [1.165, 1.54) is 4.31 Å². The highest BCUT2D eigenvalue weighted by molar-refractivity contribution is 7.88. The van der Waals surface area contributed by atoms with Crippen LogP contribution in [-0.4, -0.2) is 38.3 Å². The van der Waals surface area contributed by atoms with E-state index in [9.17, 15) is 13.2 Å². The van der Waals surface area contributed by atoms with Crippen molar-refractivity contribution in [3.05, 3.63) is 70.2 Å². The summed E-state index contributed by atoms with van der Waals surface area (Å²) in [5.74, 6) is -0.119. The molecule has 1 heterocycles. The second kappa shape index (κ2) is 9.74. The third kappa shape index (κ3) is 6.29. The lowest BCUT2D eigenvalue weighted by molar-refractivity contribution is -0.126. The molecule has 2 aromatic rings. The maximum absolute atomic E-state index is 12.7. The molecule has 1 N–H and O–H groups in total. The fourth-order valence-electron chi connectivity index (χ4n) is 3.51. The Morgan fingerprint density at radius 1 is 1.03 bits per heavy atom. The fraction of sp³-hybridized carbons (Fsp3) is 0.409. The molecule has 2 aromatic carbocycles. The first-order chi connectivity index (χ1) is 13.8. The number of benzene rings is 2. The Balaban J connectivity index is 1.44. The van der Waals surface area contributed by atoms with Crippen molar-refractivity contribution >= 4 is 27.5 Å². The summed E-state index contributed by atoms with van der Waals surface area (Å²) in [7, 11) is -3.36. The van der Waals surface area contributed by atoms with Crippen molar-refractivity contribution in [2.45, 2.75) is 31.9 Å². The standard InChI is InChI=1S/C22H27ClN2O3S/c1-17-2-4-19(5-3-17)16-29(27,28)25-14-11-20(12-15-25)22(26)24-13-10-18-6-8-21(23)9-7-18/h2-9,20H,10-16H2,1H3,(H,24,26). The van der Waals surface area contributed by atoms with Crippen LogP contribution in [0.3, 0.4) is 0 Å². The highest BCUT2D eigenvalue weighted by Crippen LogP contribution is 2.22. The van der Waals surface area contributed by atoms with Crippen molar-refractivity contribution in [1.29, 1.82) is 0 Å². The van der Waals surface area contributed by atoms with E-state index in [2.05, 4.69) is 5.32 Å². The lowest BCUT2D eigenvalue weighted by atomic mass is 9.97. The van der Waals surface area contributed by atoms with Gasteiger partial charge in [0.05, 0.1) is 5.75 Å². The summed E-state index contributed by atoms with van der Waals surface area (Å²) in [6.07, 6.45) is 1.85. The Morgan fingerprint density at radius 3 is 2.24 bits per heavy atom. The number of amides is 1. The number of carbonyl (C=O) groups is 1. The van der Waals surface area contributed by atoms with Crippen molar-refractivity contribution in [2.24, 2.45) is 5.92 Å². The molecule has 0 atom stereocenters. The number of carbonyl (C=O) groups excluding carboxylic acids is 1. The van der Waals surface area contributed by atoms with Gasteiger partial charge in [0.1, 0.15) is 0 Å². The predicted molar refractivity (Wildman–Crippen MR) is 116 cm³/mol. The average Bonchev–Trinajstić information content (AvgIpc) is 2.71. The highest BCUT2D eigenvalue weighted by Gasteiger charge is 2.31. The van der Waals surface area contributed by atoms with Crippen LogP contribution in [0.15, 0.2) is 48.5 Å². The third-order valence-electron chi connectivity index (χ3n) is 5.31. The monoisotopic (exact) mass is 434 g/mol. The van der Waals surface area contributed by atoms with Crippen LogP contribution in [0.2, 0.25) is 5.02 Å². The Bertz CT molecular complexity index is 920. The SMILES string of the molecule is Cc1ccc(CS(=O)(=O)N2CCC(C(=O)NCCc3ccc(Cl)cc3)CC2)cc1. The minimum Gasteiger partial charge on any atom is -0.356 e. The Kier molecular flexibility index (Phi) is 7.33. The molecule has 156 valence electrons. The fourth-order valence-corrected chi connectivity index (χ4v) is 5.20. The van der Waals surface area contributed by atoms with Gasteiger partial charge in [-0.25, -0.2) is 12.7 Å². The van der Waals surface area contributed by atoms with Crippen molar-refractivity contribution in [3.8, 4) is 0 Å². The van der Waals surface area contributed by atoms with Crippen LogP contribution in [0.4, 0.5) is 0 Å². The first-order valence-electron chi connectivity index (χ1n) is 9.89. The Labute approximate surface area is 178 Å². The topological polar surface area (TPSA) is 66.5 Å². The summed E-state index contributed by atoms with van der Waals surface area (Å²) < 4.78 is 26.9. The quantitative estimate of drug-likeness (QED) is 0.724. The van der Waals surface area contributed by atoms with E-state index in [1.807, 2.05) is 55.5 Å². The number of nitrogens with zero attached hydrogens (tertiary/aromatic N) is 1. The van der Waals surface area contributed by atoms with Gasteiger partial charge in [-0.2, -0.15) is 0 Å². The highest BCUT2D eigenvalue weighted by atomic mass is 35.5. The number of hydrogen-bond donors (Lipinski definition) is 1. The van der Waals surface area contributed by atoms with Crippen LogP contribution in [0, 0.1) is 12.8 Å². The summed E-state index contributed by atoms with van der Waals surface area (Å²) in [5.41, 5.74) is 3.01. The second-order valence-electron chi connectivity index (χ2n) is 7.58. The van der Waals surface area contributed by atoms with Crippen LogP contribution in [0.1, 0.15) is 29.5 Å². The molecule has 0 aromatic heterocycles. The van der Waals surface area contributed by atoms with Gasteiger partial charge < -0.3 is 5.32 Å². The molecule has 1 aliphatic heterocycles. The Hall–Kier alpha value is -1.89. The molecule has 3 rings (SSSR count). The summed E-state index contributed by atoms with van der Waals surface area (Å²) in [6, 6.07) is 15.1. The molecule has 0 bridgehead atoms. The second-order valence-corrected chi connectivity index (χ2v) is 9.99. The van der Waals surface area contributed by atoms with E-state index in [0.29, 0.717) is 37.5 Å². The van der Waals surface area contributed by atoms with Crippen molar-refractivity contribution in [1.82, 2.24) is 9.62 Å². The van der Waals surface area contributed by atoms with Crippen LogP contribution < -0.4 is 5.32 Å². The third-order valence-corrected chi connectivity index (χ3v) is 7.42. The lowest BCUT2D eigenvalue weighted by Crippen LogP contribution is -2.43. The molecular weight excluding hydrogens is 408 g/mol. The summed E-state index contributed by atoms with van der Waals surface area (Å²) in [5, 5.41) is 3.67. The normalized spacial score (nSPS) is 15.9. The van der Waals surface area contributed by atoms with E-state index in [0.717, 1.165) is 23.1 Å². The zero-order valence-corrected chi connectivity index (χ0v) is 18.2. The summed E-state index contributed by atoms with van der Waals surface area (Å²) in [4.78, 5) is 12.4. The molecule has 1 fully saturated rings. The molecule has 1 amide bonds. The van der Waals surface area contributed by atoms with Crippen LogP contribution in [-0.2, 0) is 27.0 Å². The average molecular weight is 435 g/mol. The van der Waals surface area contributed by atoms with Gasteiger partial charge in [0, 0.05) is 30.6 Å². The molecule has 5 nitrogen and oxygen atoms in total.